The van der Waals surface area contributed by atoms with Gasteiger partial charge in [-0.05, 0) is 55.5 Å². The number of thiophene rings is 1. The number of aliphatic hydroxyl groups excluding tert-OH is 1. The highest BCUT2D eigenvalue weighted by molar-refractivity contribution is 7.94. The molecule has 31 heavy (non-hydrogen) atoms. The Bertz CT molecular complexity index is 1170. The SMILES string of the molecule is C[C@H](CO)Nc1nc(Nc2ccc([S@@](=O)(=NC=O)C3CC3)cc2)ncc1-c1cccs1. The first kappa shape index (κ1) is 21.4. The van der Waals surface area contributed by atoms with Gasteiger partial charge in [-0.25, -0.2) is 9.19 Å². The van der Waals surface area contributed by atoms with E-state index in [1.165, 1.54) is 0 Å². The van der Waals surface area contributed by atoms with Crippen LogP contribution in [0.5, 0.6) is 0 Å². The Hall–Kier alpha value is -2.82. The van der Waals surface area contributed by atoms with Crippen LogP contribution < -0.4 is 10.6 Å². The van der Waals surface area contributed by atoms with Crippen molar-refractivity contribution in [3.63, 3.8) is 0 Å². The van der Waals surface area contributed by atoms with E-state index in [1.807, 2.05) is 24.4 Å². The predicted octanol–water partition coefficient (Wildman–Crippen LogP) is 3.89. The minimum absolute atomic E-state index is 0.0236. The van der Waals surface area contributed by atoms with Crippen LogP contribution in [0.4, 0.5) is 17.5 Å². The molecular formula is C21H23N5O3S2. The fourth-order valence-corrected chi connectivity index (χ4v) is 5.94. The van der Waals surface area contributed by atoms with E-state index in [-0.39, 0.29) is 17.9 Å². The smallest absolute Gasteiger partial charge is 0.241 e. The van der Waals surface area contributed by atoms with Crippen LogP contribution in [-0.2, 0) is 14.5 Å². The molecule has 162 valence electrons. The van der Waals surface area contributed by atoms with Gasteiger partial charge in [0.2, 0.25) is 12.4 Å². The fourth-order valence-electron chi connectivity index (χ4n) is 3.10. The third-order valence-corrected chi connectivity index (χ3v) is 8.48. The van der Waals surface area contributed by atoms with Crippen molar-refractivity contribution < 1.29 is 14.1 Å². The molecule has 1 amide bonds. The van der Waals surface area contributed by atoms with Crippen molar-refractivity contribution in [2.45, 2.75) is 36.0 Å². The summed E-state index contributed by atoms with van der Waals surface area (Å²) < 4.78 is 16.8. The fraction of sp³-hybridized carbons (Fsp3) is 0.286. The minimum Gasteiger partial charge on any atom is -0.394 e. The summed E-state index contributed by atoms with van der Waals surface area (Å²) in [6.07, 6.45) is 3.77. The maximum atomic E-state index is 13.1. The van der Waals surface area contributed by atoms with Crippen LogP contribution >= 0.6 is 11.3 Å². The molecule has 3 N–H and O–H groups in total. The van der Waals surface area contributed by atoms with Crippen molar-refractivity contribution in [3.8, 4) is 10.4 Å². The average Bonchev–Trinajstić information content (AvgIpc) is 3.50. The second-order valence-corrected chi connectivity index (χ2v) is 10.7. The quantitative estimate of drug-likeness (QED) is 0.417. The number of carbonyl (C=O) groups is 1. The van der Waals surface area contributed by atoms with E-state index in [1.54, 1.807) is 41.8 Å². The number of carbonyl (C=O) groups excluding carboxylic acids is 1. The van der Waals surface area contributed by atoms with Gasteiger partial charge in [0.05, 0.1) is 21.9 Å². The molecule has 1 aromatic carbocycles. The summed E-state index contributed by atoms with van der Waals surface area (Å²) >= 11 is 1.59. The zero-order valence-corrected chi connectivity index (χ0v) is 18.5. The van der Waals surface area contributed by atoms with E-state index >= 15 is 0 Å². The number of nitrogens with one attached hydrogen (secondary N) is 2. The summed E-state index contributed by atoms with van der Waals surface area (Å²) in [5, 5.41) is 17.7. The Morgan fingerprint density at radius 1 is 1.32 bits per heavy atom. The topological polar surface area (TPSA) is 117 Å². The number of benzene rings is 1. The summed E-state index contributed by atoms with van der Waals surface area (Å²) in [5.74, 6) is 1.01. The van der Waals surface area contributed by atoms with Crippen LogP contribution in [0.3, 0.4) is 0 Å². The van der Waals surface area contributed by atoms with Crippen molar-refractivity contribution >= 4 is 44.9 Å². The van der Waals surface area contributed by atoms with Gasteiger partial charge in [-0.1, -0.05) is 6.07 Å². The molecule has 3 aromatic rings. The molecule has 2 aromatic heterocycles. The van der Waals surface area contributed by atoms with Crippen molar-refractivity contribution in [2.24, 2.45) is 4.36 Å². The highest BCUT2D eigenvalue weighted by atomic mass is 32.2. The van der Waals surface area contributed by atoms with E-state index in [0.29, 0.717) is 23.1 Å². The first-order valence-corrected chi connectivity index (χ1v) is 12.3. The monoisotopic (exact) mass is 457 g/mol. The number of aliphatic hydroxyl groups is 1. The average molecular weight is 458 g/mol. The molecule has 8 nitrogen and oxygen atoms in total. The van der Waals surface area contributed by atoms with E-state index in [4.69, 9.17) is 0 Å². The van der Waals surface area contributed by atoms with E-state index in [9.17, 15) is 14.1 Å². The summed E-state index contributed by atoms with van der Waals surface area (Å²) in [7, 11) is -2.70. The number of anilines is 3. The zero-order chi connectivity index (χ0) is 21.8. The highest BCUT2D eigenvalue weighted by Crippen LogP contribution is 2.36. The van der Waals surface area contributed by atoms with Gasteiger partial charge in [-0.15, -0.1) is 11.3 Å². The van der Waals surface area contributed by atoms with Crippen molar-refractivity contribution in [1.82, 2.24) is 9.97 Å². The van der Waals surface area contributed by atoms with Crippen LogP contribution in [0.15, 0.2) is 57.2 Å². The van der Waals surface area contributed by atoms with Gasteiger partial charge in [-0.2, -0.15) is 9.35 Å². The van der Waals surface area contributed by atoms with Gasteiger partial charge in [0, 0.05) is 32.9 Å². The molecule has 10 heteroatoms. The normalized spacial score (nSPS) is 16.2. The number of hydrogen-bond donors (Lipinski definition) is 3. The summed E-state index contributed by atoms with van der Waals surface area (Å²) in [4.78, 5) is 21.5. The first-order chi connectivity index (χ1) is 15.0. The molecule has 2 heterocycles. The maximum Gasteiger partial charge on any atom is 0.241 e. The first-order valence-electron chi connectivity index (χ1n) is 9.87. The molecule has 0 aliphatic heterocycles. The molecule has 1 aliphatic rings. The summed E-state index contributed by atoms with van der Waals surface area (Å²) in [6.45, 7) is 1.85. The molecule has 0 saturated heterocycles. The van der Waals surface area contributed by atoms with Gasteiger partial charge in [-0.3, -0.25) is 4.79 Å². The van der Waals surface area contributed by atoms with Crippen molar-refractivity contribution in [3.05, 3.63) is 48.0 Å². The predicted molar refractivity (Wildman–Crippen MR) is 123 cm³/mol. The summed E-state index contributed by atoms with van der Waals surface area (Å²) in [6, 6.07) is 10.8. The van der Waals surface area contributed by atoms with Crippen molar-refractivity contribution in [2.75, 3.05) is 17.2 Å². The van der Waals surface area contributed by atoms with Crippen LogP contribution in [0.25, 0.3) is 10.4 Å². The van der Waals surface area contributed by atoms with Gasteiger partial charge in [0.25, 0.3) is 0 Å². The number of nitrogens with zero attached hydrogens (tertiary/aromatic N) is 3. The lowest BCUT2D eigenvalue weighted by Crippen LogP contribution is -2.21. The van der Waals surface area contributed by atoms with E-state index in [2.05, 4.69) is 25.0 Å². The Kier molecular flexibility index (Phi) is 6.30. The zero-order valence-electron chi connectivity index (χ0n) is 16.9. The second-order valence-electron chi connectivity index (χ2n) is 7.29. The minimum atomic E-state index is -2.70. The summed E-state index contributed by atoms with van der Waals surface area (Å²) in [5.41, 5.74) is 1.58. The Labute approximate surface area is 185 Å². The van der Waals surface area contributed by atoms with Gasteiger partial charge in [0.1, 0.15) is 5.82 Å². The number of amides is 1. The van der Waals surface area contributed by atoms with Crippen LogP contribution in [0.2, 0.25) is 0 Å². The number of aromatic nitrogens is 2. The third kappa shape index (κ3) is 4.76. The van der Waals surface area contributed by atoms with Gasteiger partial charge in [0.15, 0.2) is 0 Å². The van der Waals surface area contributed by atoms with E-state index < -0.39 is 9.73 Å². The molecular weight excluding hydrogens is 434 g/mol. The molecule has 1 saturated carbocycles. The molecule has 0 spiro atoms. The molecule has 1 fully saturated rings. The van der Waals surface area contributed by atoms with Crippen molar-refractivity contribution in [1.29, 1.82) is 0 Å². The third-order valence-electron chi connectivity index (χ3n) is 4.86. The number of hydrogen-bond acceptors (Lipinski definition) is 8. The Morgan fingerprint density at radius 2 is 2.10 bits per heavy atom. The largest absolute Gasteiger partial charge is 0.394 e. The lowest BCUT2D eigenvalue weighted by atomic mass is 10.2. The Balaban J connectivity index is 1.59. The molecule has 0 bridgehead atoms. The molecule has 0 unspecified atom stereocenters. The van der Waals surface area contributed by atoms with E-state index in [0.717, 1.165) is 29.0 Å². The van der Waals surface area contributed by atoms with Crippen LogP contribution in [0.1, 0.15) is 19.8 Å². The molecule has 1 aliphatic carbocycles. The van der Waals surface area contributed by atoms with Crippen LogP contribution in [0, 0.1) is 0 Å². The highest BCUT2D eigenvalue weighted by Gasteiger charge is 2.35. The standard InChI is InChI=1S/C21H23N5O3S2/c1-14(12-27)24-20-18(19-3-2-10-30-19)11-22-21(26-20)25-15-4-6-16(7-5-15)31(29,23-13-28)17-8-9-17/h2-7,10-11,13-14,17,27H,8-9,12H2,1H3,(H2,22,24,25,26)/t14-,31+/m1/s1. The molecule has 0 radical (unpaired) electrons. The second kappa shape index (κ2) is 9.13. The lowest BCUT2D eigenvalue weighted by molar-refractivity contribution is -0.106. The molecule has 2 atom stereocenters. The van der Waals surface area contributed by atoms with Gasteiger partial charge >= 0.3 is 0 Å². The lowest BCUT2D eigenvalue weighted by Gasteiger charge is -2.16. The van der Waals surface area contributed by atoms with Gasteiger partial charge < -0.3 is 15.7 Å². The number of rotatable bonds is 9. The Morgan fingerprint density at radius 3 is 2.71 bits per heavy atom. The molecule has 4 rings (SSSR count). The van der Waals surface area contributed by atoms with Crippen LogP contribution in [-0.4, -0.2) is 43.6 Å². The maximum absolute atomic E-state index is 13.1.